The number of aromatic nitrogens is 2. The molecule has 4 aromatic rings. The van der Waals surface area contributed by atoms with Crippen molar-refractivity contribution in [1.29, 1.82) is 0 Å². The lowest BCUT2D eigenvalue weighted by Crippen LogP contribution is -2.02. The van der Waals surface area contributed by atoms with E-state index >= 15 is 0 Å². The van der Waals surface area contributed by atoms with Crippen molar-refractivity contribution in [3.63, 3.8) is 0 Å². The van der Waals surface area contributed by atoms with Gasteiger partial charge in [-0.3, -0.25) is 4.79 Å². The van der Waals surface area contributed by atoms with Crippen LogP contribution in [0.2, 0.25) is 0 Å². The molecule has 5 heteroatoms. The van der Waals surface area contributed by atoms with Crippen molar-refractivity contribution in [2.45, 2.75) is 11.9 Å². The molecule has 0 fully saturated rings. The van der Waals surface area contributed by atoms with E-state index in [2.05, 4.69) is 9.97 Å². The van der Waals surface area contributed by atoms with Crippen LogP contribution in [0.3, 0.4) is 0 Å². The average Bonchev–Trinajstić information content (AvgIpc) is 2.99. The summed E-state index contributed by atoms with van der Waals surface area (Å²) in [5.74, 6) is 0.384. The van der Waals surface area contributed by atoms with Crippen LogP contribution in [-0.2, 0) is 0 Å². The van der Waals surface area contributed by atoms with Gasteiger partial charge in [0.2, 0.25) is 0 Å². The van der Waals surface area contributed by atoms with Crippen molar-refractivity contribution >= 4 is 39.6 Å². The zero-order valence-corrected chi connectivity index (χ0v) is 13.8. The lowest BCUT2D eigenvalue weighted by Gasteiger charge is -2.02. The highest BCUT2D eigenvalue weighted by atomic mass is 32.2. The van der Waals surface area contributed by atoms with Crippen molar-refractivity contribution in [3.05, 3.63) is 66.0 Å². The van der Waals surface area contributed by atoms with Gasteiger partial charge < -0.3 is 4.42 Å². The number of ketones is 1. The quantitative estimate of drug-likeness (QED) is 0.309. The molecular formula is C19H14N2O2S. The second kappa shape index (κ2) is 6.09. The first-order valence-corrected chi connectivity index (χ1v) is 8.56. The number of furan rings is 1. The van der Waals surface area contributed by atoms with Crippen molar-refractivity contribution < 1.29 is 9.21 Å². The summed E-state index contributed by atoms with van der Waals surface area (Å²) in [6, 6.07) is 15.4. The number of carbonyl (C=O) groups excluding carboxylic acids is 1. The Morgan fingerprint density at radius 2 is 1.88 bits per heavy atom. The first-order valence-electron chi connectivity index (χ1n) is 7.57. The predicted octanol–water partition coefficient (Wildman–Crippen LogP) is 4.66. The standard InChI is InChI=1S/C19H14N2O2S/c1-12-6-8-13(9-7-12)15(22)10-24-19-18-17(20-11-21-19)14-4-2-3-5-16(14)23-18/h2-9,11H,10H2,1H3. The maximum atomic E-state index is 12.3. The van der Waals surface area contributed by atoms with Crippen molar-refractivity contribution in [3.8, 4) is 0 Å². The number of hydrogen-bond acceptors (Lipinski definition) is 5. The highest BCUT2D eigenvalue weighted by molar-refractivity contribution is 8.00. The monoisotopic (exact) mass is 334 g/mol. The average molecular weight is 334 g/mol. The van der Waals surface area contributed by atoms with Crippen LogP contribution >= 0.6 is 11.8 Å². The summed E-state index contributed by atoms with van der Waals surface area (Å²) >= 11 is 1.38. The Labute approximate surface area is 142 Å². The number of benzene rings is 2. The first-order chi connectivity index (χ1) is 11.7. The molecule has 0 aliphatic carbocycles. The Bertz CT molecular complexity index is 1040. The maximum Gasteiger partial charge on any atom is 0.186 e. The van der Waals surface area contributed by atoms with Gasteiger partial charge in [-0.25, -0.2) is 9.97 Å². The Morgan fingerprint density at radius 1 is 1.08 bits per heavy atom. The molecule has 4 rings (SSSR count). The predicted molar refractivity (Wildman–Crippen MR) is 95.5 cm³/mol. The molecule has 118 valence electrons. The molecule has 0 radical (unpaired) electrons. The molecule has 2 heterocycles. The highest BCUT2D eigenvalue weighted by Gasteiger charge is 2.15. The molecule has 0 saturated carbocycles. The summed E-state index contributed by atoms with van der Waals surface area (Å²) in [5.41, 5.74) is 4.05. The summed E-state index contributed by atoms with van der Waals surface area (Å²) in [7, 11) is 0. The number of Topliss-reactive ketones (excluding diaryl/α,β-unsaturated/α-hetero) is 1. The van der Waals surface area contributed by atoms with Crippen LogP contribution in [0.5, 0.6) is 0 Å². The van der Waals surface area contributed by atoms with Gasteiger partial charge in [-0.1, -0.05) is 53.7 Å². The molecule has 0 unspecified atom stereocenters. The zero-order valence-electron chi connectivity index (χ0n) is 13.0. The minimum Gasteiger partial charge on any atom is -0.451 e. The molecule has 0 aliphatic heterocycles. The van der Waals surface area contributed by atoms with Crippen LogP contribution in [-0.4, -0.2) is 21.5 Å². The van der Waals surface area contributed by atoms with Crippen LogP contribution in [0.15, 0.2) is 64.3 Å². The molecular weight excluding hydrogens is 320 g/mol. The van der Waals surface area contributed by atoms with Crippen molar-refractivity contribution in [2.75, 3.05) is 5.75 Å². The fraction of sp³-hybridized carbons (Fsp3) is 0.105. The van der Waals surface area contributed by atoms with Crippen LogP contribution in [0.4, 0.5) is 0 Å². The second-order valence-corrected chi connectivity index (χ2v) is 6.50. The third-order valence-corrected chi connectivity index (χ3v) is 4.81. The molecule has 0 spiro atoms. The number of carbonyl (C=O) groups is 1. The van der Waals surface area contributed by atoms with Gasteiger partial charge in [-0.2, -0.15) is 0 Å². The number of fused-ring (bicyclic) bond motifs is 3. The third kappa shape index (κ3) is 2.67. The molecule has 2 aromatic carbocycles. The van der Waals surface area contributed by atoms with E-state index < -0.39 is 0 Å². The van der Waals surface area contributed by atoms with Gasteiger partial charge >= 0.3 is 0 Å². The zero-order chi connectivity index (χ0) is 16.5. The SMILES string of the molecule is Cc1ccc(C(=O)CSc2ncnc3c2oc2ccccc23)cc1. The van der Waals surface area contributed by atoms with E-state index in [1.807, 2.05) is 55.5 Å². The van der Waals surface area contributed by atoms with Gasteiger partial charge in [0.25, 0.3) is 0 Å². The van der Waals surface area contributed by atoms with Crippen molar-refractivity contribution in [1.82, 2.24) is 9.97 Å². The van der Waals surface area contributed by atoms with Crippen molar-refractivity contribution in [2.24, 2.45) is 0 Å². The largest absolute Gasteiger partial charge is 0.451 e. The smallest absolute Gasteiger partial charge is 0.186 e. The number of hydrogen-bond donors (Lipinski definition) is 0. The molecule has 2 aromatic heterocycles. The molecule has 0 aliphatic rings. The van der Waals surface area contributed by atoms with Crippen LogP contribution in [0, 0.1) is 6.92 Å². The lowest BCUT2D eigenvalue weighted by atomic mass is 10.1. The molecule has 0 saturated heterocycles. The summed E-state index contributed by atoms with van der Waals surface area (Å²) in [4.78, 5) is 21.0. The summed E-state index contributed by atoms with van der Waals surface area (Å²) < 4.78 is 5.88. The first kappa shape index (κ1) is 14.9. The number of rotatable bonds is 4. The van der Waals surface area contributed by atoms with E-state index in [0.29, 0.717) is 21.9 Å². The van der Waals surface area contributed by atoms with Gasteiger partial charge in [0, 0.05) is 10.9 Å². The maximum absolute atomic E-state index is 12.3. The van der Waals surface area contributed by atoms with Crippen LogP contribution < -0.4 is 0 Å². The van der Waals surface area contributed by atoms with Gasteiger partial charge in [-0.15, -0.1) is 0 Å². The van der Waals surface area contributed by atoms with Gasteiger partial charge in [0.1, 0.15) is 22.5 Å². The second-order valence-electron chi connectivity index (χ2n) is 5.53. The third-order valence-electron chi connectivity index (χ3n) is 3.84. The van der Waals surface area contributed by atoms with E-state index in [4.69, 9.17) is 4.42 Å². The fourth-order valence-corrected chi connectivity index (χ4v) is 3.39. The molecule has 4 nitrogen and oxygen atoms in total. The van der Waals surface area contributed by atoms with Gasteiger partial charge in [0.15, 0.2) is 11.4 Å². The highest BCUT2D eigenvalue weighted by Crippen LogP contribution is 2.32. The summed E-state index contributed by atoms with van der Waals surface area (Å²) in [6.07, 6.45) is 1.52. The van der Waals surface area contributed by atoms with E-state index in [9.17, 15) is 4.79 Å². The van der Waals surface area contributed by atoms with E-state index in [1.165, 1.54) is 18.1 Å². The number of para-hydroxylation sites is 1. The number of nitrogens with zero attached hydrogens (tertiary/aromatic N) is 2. The number of aryl methyl sites for hydroxylation is 1. The van der Waals surface area contributed by atoms with Crippen LogP contribution in [0.25, 0.3) is 22.1 Å². The van der Waals surface area contributed by atoms with E-state index in [0.717, 1.165) is 22.0 Å². The van der Waals surface area contributed by atoms with Gasteiger partial charge in [-0.05, 0) is 19.1 Å². The molecule has 0 atom stereocenters. The van der Waals surface area contributed by atoms with E-state index in [1.54, 1.807) is 0 Å². The topological polar surface area (TPSA) is 56.0 Å². The molecule has 0 amide bonds. The molecule has 0 N–H and O–H groups in total. The van der Waals surface area contributed by atoms with Gasteiger partial charge in [0.05, 0.1) is 5.75 Å². The Kier molecular flexibility index (Phi) is 3.78. The molecule has 24 heavy (non-hydrogen) atoms. The summed E-state index contributed by atoms with van der Waals surface area (Å²) in [6.45, 7) is 2.00. The molecule has 0 bridgehead atoms. The minimum atomic E-state index is 0.0721. The minimum absolute atomic E-state index is 0.0721. The summed E-state index contributed by atoms with van der Waals surface area (Å²) in [5, 5.41) is 1.65. The number of thioether (sulfide) groups is 1. The Morgan fingerprint density at radius 3 is 2.71 bits per heavy atom. The Balaban J connectivity index is 1.62. The normalized spacial score (nSPS) is 11.2. The fourth-order valence-electron chi connectivity index (χ4n) is 2.56. The lowest BCUT2D eigenvalue weighted by molar-refractivity contribution is 0.102. The van der Waals surface area contributed by atoms with Crippen LogP contribution in [0.1, 0.15) is 15.9 Å². The van der Waals surface area contributed by atoms with E-state index in [-0.39, 0.29) is 5.78 Å². The Hall–Kier alpha value is -2.66.